The first kappa shape index (κ1) is 12.5. The summed E-state index contributed by atoms with van der Waals surface area (Å²) in [6.07, 6.45) is 0.998. The number of anilines is 2. The molecule has 2 aromatic rings. The van der Waals surface area contributed by atoms with Gasteiger partial charge in [-0.25, -0.2) is 9.37 Å². The predicted molar refractivity (Wildman–Crippen MR) is 69.4 cm³/mol. The number of nitrogens with zero attached hydrogens (tertiary/aromatic N) is 2. The molecular weight excluding hydrogens is 332 g/mol. The minimum absolute atomic E-state index is 0.00314. The van der Waals surface area contributed by atoms with Crippen molar-refractivity contribution in [1.82, 2.24) is 9.97 Å². The van der Waals surface area contributed by atoms with Crippen LogP contribution >= 0.6 is 39.1 Å². The Balaban J connectivity index is 2.31. The van der Waals surface area contributed by atoms with E-state index in [9.17, 15) is 4.39 Å². The second-order valence-electron chi connectivity index (χ2n) is 3.09. The van der Waals surface area contributed by atoms with Crippen LogP contribution in [0.3, 0.4) is 0 Å². The molecule has 88 valence electrons. The van der Waals surface area contributed by atoms with Gasteiger partial charge in [0, 0.05) is 10.2 Å². The maximum Gasteiger partial charge on any atom is 0.224 e. The average Bonchev–Trinajstić information content (AvgIpc) is 2.29. The zero-order chi connectivity index (χ0) is 12.4. The summed E-state index contributed by atoms with van der Waals surface area (Å²) in [5.41, 5.74) is 0.604. The first-order valence-electron chi connectivity index (χ1n) is 4.46. The fraction of sp³-hybridized carbons (Fsp3) is 0. The molecule has 3 nitrogen and oxygen atoms in total. The molecule has 1 heterocycles. The molecule has 0 aliphatic carbocycles. The van der Waals surface area contributed by atoms with Gasteiger partial charge >= 0.3 is 0 Å². The minimum atomic E-state index is -0.589. The van der Waals surface area contributed by atoms with Gasteiger partial charge < -0.3 is 5.32 Å². The number of hydrogen-bond acceptors (Lipinski definition) is 3. The number of halogens is 4. The summed E-state index contributed by atoms with van der Waals surface area (Å²) in [6.45, 7) is 0. The Bertz CT molecular complexity index is 565. The van der Waals surface area contributed by atoms with Crippen molar-refractivity contribution in [1.29, 1.82) is 0 Å². The Labute approximate surface area is 115 Å². The summed E-state index contributed by atoms with van der Waals surface area (Å²) in [5.74, 6) is -0.586. The quantitative estimate of drug-likeness (QED) is 0.824. The molecule has 0 bridgehead atoms. The smallest absolute Gasteiger partial charge is 0.224 e. The van der Waals surface area contributed by atoms with E-state index in [-0.39, 0.29) is 11.1 Å². The number of benzene rings is 1. The maximum absolute atomic E-state index is 13.3. The van der Waals surface area contributed by atoms with Crippen molar-refractivity contribution in [2.45, 2.75) is 0 Å². The van der Waals surface area contributed by atoms with Gasteiger partial charge in [-0.2, -0.15) is 4.98 Å². The lowest BCUT2D eigenvalue weighted by Gasteiger charge is -2.07. The fourth-order valence-corrected chi connectivity index (χ4v) is 1.70. The van der Waals surface area contributed by atoms with E-state index in [2.05, 4.69) is 31.2 Å². The molecule has 0 saturated carbocycles. The van der Waals surface area contributed by atoms with Gasteiger partial charge in [0.05, 0.1) is 11.2 Å². The number of rotatable bonds is 2. The SMILES string of the molecule is Fc1cnc(Cl)nc1Nc1ccc(Br)c(Cl)c1. The highest BCUT2D eigenvalue weighted by atomic mass is 79.9. The van der Waals surface area contributed by atoms with E-state index in [0.29, 0.717) is 10.7 Å². The Morgan fingerprint density at radius 2 is 2.06 bits per heavy atom. The lowest BCUT2D eigenvalue weighted by atomic mass is 10.3. The van der Waals surface area contributed by atoms with Crippen LogP contribution in [0.15, 0.2) is 28.9 Å². The van der Waals surface area contributed by atoms with Crippen LogP contribution in [0.5, 0.6) is 0 Å². The van der Waals surface area contributed by atoms with Gasteiger partial charge in [0.25, 0.3) is 0 Å². The average molecular weight is 337 g/mol. The van der Waals surface area contributed by atoms with Crippen LogP contribution in [0.4, 0.5) is 15.9 Å². The highest BCUT2D eigenvalue weighted by molar-refractivity contribution is 9.10. The Morgan fingerprint density at radius 3 is 2.76 bits per heavy atom. The molecule has 0 unspecified atom stereocenters. The van der Waals surface area contributed by atoms with Crippen molar-refractivity contribution in [2.75, 3.05) is 5.32 Å². The Morgan fingerprint density at radius 1 is 1.29 bits per heavy atom. The lowest BCUT2D eigenvalue weighted by molar-refractivity contribution is 0.619. The molecule has 0 amide bonds. The molecule has 0 fully saturated rings. The minimum Gasteiger partial charge on any atom is -0.338 e. The molecule has 0 saturated heterocycles. The summed E-state index contributed by atoms with van der Waals surface area (Å²) in [4.78, 5) is 7.25. The van der Waals surface area contributed by atoms with E-state index in [0.717, 1.165) is 10.7 Å². The Kier molecular flexibility index (Phi) is 3.81. The third-order valence-corrected chi connectivity index (χ3v) is 3.31. The zero-order valence-electron chi connectivity index (χ0n) is 8.22. The van der Waals surface area contributed by atoms with Crippen molar-refractivity contribution >= 4 is 50.6 Å². The summed E-state index contributed by atoms with van der Waals surface area (Å²) in [5, 5.41) is 3.24. The van der Waals surface area contributed by atoms with E-state index < -0.39 is 5.82 Å². The summed E-state index contributed by atoms with van der Waals surface area (Å²) >= 11 is 14.7. The molecule has 2 rings (SSSR count). The molecule has 0 atom stereocenters. The number of aromatic nitrogens is 2. The van der Waals surface area contributed by atoms with Crippen LogP contribution in [0, 0.1) is 5.82 Å². The normalized spacial score (nSPS) is 10.4. The van der Waals surface area contributed by atoms with Crippen molar-refractivity contribution < 1.29 is 4.39 Å². The third-order valence-electron chi connectivity index (χ3n) is 1.90. The Hall–Kier alpha value is -0.910. The second kappa shape index (κ2) is 5.16. The van der Waals surface area contributed by atoms with Crippen molar-refractivity contribution in [3.8, 4) is 0 Å². The van der Waals surface area contributed by atoms with Crippen LogP contribution in [-0.4, -0.2) is 9.97 Å². The van der Waals surface area contributed by atoms with Crippen LogP contribution in [-0.2, 0) is 0 Å². The van der Waals surface area contributed by atoms with E-state index in [1.165, 1.54) is 0 Å². The fourth-order valence-electron chi connectivity index (χ4n) is 1.14. The zero-order valence-corrected chi connectivity index (χ0v) is 11.3. The molecule has 0 aliphatic rings. The molecule has 1 N–H and O–H groups in total. The molecule has 0 aliphatic heterocycles. The largest absolute Gasteiger partial charge is 0.338 e. The first-order valence-corrected chi connectivity index (χ1v) is 6.01. The predicted octanol–water partition coefficient (Wildman–Crippen LogP) is 4.43. The molecule has 0 spiro atoms. The topological polar surface area (TPSA) is 37.8 Å². The second-order valence-corrected chi connectivity index (χ2v) is 4.69. The molecule has 7 heteroatoms. The number of hydrogen-bond donors (Lipinski definition) is 1. The van der Waals surface area contributed by atoms with Crippen molar-refractivity contribution in [3.05, 3.63) is 45.0 Å². The van der Waals surface area contributed by atoms with E-state index in [1.807, 2.05) is 0 Å². The van der Waals surface area contributed by atoms with Crippen LogP contribution < -0.4 is 5.32 Å². The van der Waals surface area contributed by atoms with Crippen LogP contribution in [0.2, 0.25) is 10.3 Å². The van der Waals surface area contributed by atoms with Crippen molar-refractivity contribution in [2.24, 2.45) is 0 Å². The van der Waals surface area contributed by atoms with Gasteiger partial charge in [-0.15, -0.1) is 0 Å². The van der Waals surface area contributed by atoms with Gasteiger partial charge in [-0.3, -0.25) is 0 Å². The highest BCUT2D eigenvalue weighted by Crippen LogP contribution is 2.27. The van der Waals surface area contributed by atoms with Gasteiger partial charge in [-0.05, 0) is 45.7 Å². The van der Waals surface area contributed by atoms with Gasteiger partial charge in [0.1, 0.15) is 0 Å². The standard InChI is InChI=1S/C10H5BrCl2FN3/c11-6-2-1-5(3-7(6)12)16-9-8(14)4-15-10(13)17-9/h1-4H,(H,15,16,17). The van der Waals surface area contributed by atoms with Crippen LogP contribution in [0.1, 0.15) is 0 Å². The van der Waals surface area contributed by atoms with E-state index in [1.54, 1.807) is 18.2 Å². The summed E-state index contributed by atoms with van der Waals surface area (Å²) in [6, 6.07) is 5.11. The maximum atomic E-state index is 13.3. The summed E-state index contributed by atoms with van der Waals surface area (Å²) < 4.78 is 14.1. The third kappa shape index (κ3) is 3.06. The highest BCUT2D eigenvalue weighted by Gasteiger charge is 2.07. The first-order chi connectivity index (χ1) is 8.06. The van der Waals surface area contributed by atoms with E-state index >= 15 is 0 Å². The van der Waals surface area contributed by atoms with Gasteiger partial charge in [0.15, 0.2) is 11.6 Å². The lowest BCUT2D eigenvalue weighted by Crippen LogP contribution is -1.98. The molecule has 1 aromatic carbocycles. The molecule has 0 radical (unpaired) electrons. The van der Waals surface area contributed by atoms with Crippen LogP contribution in [0.25, 0.3) is 0 Å². The summed E-state index contributed by atoms with van der Waals surface area (Å²) in [7, 11) is 0. The molecule has 17 heavy (non-hydrogen) atoms. The molecular formula is C10H5BrCl2FN3. The van der Waals surface area contributed by atoms with Gasteiger partial charge in [-0.1, -0.05) is 11.6 Å². The van der Waals surface area contributed by atoms with E-state index in [4.69, 9.17) is 23.2 Å². The monoisotopic (exact) mass is 335 g/mol. The number of nitrogens with one attached hydrogen (secondary N) is 1. The van der Waals surface area contributed by atoms with Crippen molar-refractivity contribution in [3.63, 3.8) is 0 Å². The molecule has 1 aromatic heterocycles. The van der Waals surface area contributed by atoms with Gasteiger partial charge in [0.2, 0.25) is 5.28 Å².